The van der Waals surface area contributed by atoms with Gasteiger partial charge in [-0.1, -0.05) is 42.5 Å². The molecule has 0 unspecified atom stereocenters. The van der Waals surface area contributed by atoms with Gasteiger partial charge in [-0.25, -0.2) is 4.68 Å². The number of benzene rings is 2. The van der Waals surface area contributed by atoms with E-state index in [2.05, 4.69) is 26.2 Å². The molecule has 0 fully saturated rings. The smallest absolute Gasteiger partial charge is 0.240 e. The van der Waals surface area contributed by atoms with Crippen molar-refractivity contribution in [1.82, 2.24) is 30.8 Å². The normalized spacial score (nSPS) is 12.2. The maximum Gasteiger partial charge on any atom is 0.240 e. The lowest BCUT2D eigenvalue weighted by molar-refractivity contribution is -0.126. The molecule has 0 aliphatic heterocycles. The summed E-state index contributed by atoms with van der Waals surface area (Å²) in [6.07, 6.45) is 1.42. The molecule has 0 saturated heterocycles. The van der Waals surface area contributed by atoms with E-state index in [1.165, 1.54) is 0 Å². The van der Waals surface area contributed by atoms with Crippen LogP contribution in [0, 0.1) is 0 Å². The van der Waals surface area contributed by atoms with Gasteiger partial charge in [0.2, 0.25) is 11.8 Å². The van der Waals surface area contributed by atoms with E-state index >= 15 is 0 Å². The number of amides is 2. The van der Waals surface area contributed by atoms with Crippen LogP contribution in [0.25, 0.3) is 0 Å². The van der Waals surface area contributed by atoms with Crippen molar-refractivity contribution < 1.29 is 19.4 Å². The summed E-state index contributed by atoms with van der Waals surface area (Å²) in [5, 5.41) is 27.2. The number of carbonyl (C=O) groups excluding carboxylic acids is 2. The largest absolute Gasteiger partial charge is 0.508 e. The Hall–Kier alpha value is -3.83. The number of rotatable bonds is 14. The Balaban J connectivity index is 1.52. The molecule has 0 aliphatic carbocycles. The Morgan fingerprint density at radius 1 is 1.14 bits per heavy atom. The van der Waals surface area contributed by atoms with Crippen molar-refractivity contribution in [2.45, 2.75) is 57.8 Å². The summed E-state index contributed by atoms with van der Waals surface area (Å²) in [7, 11) is 0. The second-order valence-electron chi connectivity index (χ2n) is 9.38. The van der Waals surface area contributed by atoms with Crippen LogP contribution in [0.2, 0.25) is 0 Å². The Morgan fingerprint density at radius 2 is 1.89 bits per heavy atom. The lowest BCUT2D eigenvalue weighted by Crippen LogP contribution is -2.51. The molecule has 0 saturated carbocycles. The highest BCUT2D eigenvalue weighted by Crippen LogP contribution is 2.14. The Kier molecular flexibility index (Phi) is 10.1. The number of hydrogen-bond acceptors (Lipinski definition) is 8. The van der Waals surface area contributed by atoms with Crippen LogP contribution in [0.1, 0.15) is 49.7 Å². The third-order valence-corrected chi connectivity index (χ3v) is 5.58. The Bertz CT molecular complexity index is 1150. The second kappa shape index (κ2) is 13.5. The molecular weight excluding hydrogens is 474 g/mol. The summed E-state index contributed by atoms with van der Waals surface area (Å²) in [5.41, 5.74) is 6.82. The molecule has 5 N–H and O–H groups in total. The van der Waals surface area contributed by atoms with Gasteiger partial charge in [0.15, 0.2) is 5.82 Å². The summed E-state index contributed by atoms with van der Waals surface area (Å²) < 4.78 is 7.43. The number of hydrogen-bond donors (Lipinski definition) is 4. The molecule has 3 rings (SSSR count). The lowest BCUT2D eigenvalue weighted by Gasteiger charge is -2.23. The fourth-order valence-electron chi connectivity index (χ4n) is 3.55. The summed E-state index contributed by atoms with van der Waals surface area (Å²) in [5.74, 6) is 0.184. The zero-order valence-corrected chi connectivity index (χ0v) is 21.3. The standard InChI is InChI=1S/C26H35N7O4/c1-26(2,27)25(36)29-22(18-37-17-20-8-4-3-5-9-20)24-30-31-32-33(24)15-7-12-23(35)28-14-13-19-10-6-11-21(34)16-19/h3-6,8-11,16,22,34H,7,12-15,17-18,27H2,1-2H3,(H,28,35)(H,29,36)/t22-/m1/s1. The average Bonchev–Trinajstić information content (AvgIpc) is 3.32. The highest BCUT2D eigenvalue weighted by Gasteiger charge is 2.28. The summed E-state index contributed by atoms with van der Waals surface area (Å²) >= 11 is 0. The molecule has 11 heteroatoms. The third kappa shape index (κ3) is 9.28. The molecule has 0 spiro atoms. The number of aromatic nitrogens is 4. The highest BCUT2D eigenvalue weighted by atomic mass is 16.5. The molecule has 3 aromatic rings. The molecule has 198 valence electrons. The fraction of sp³-hybridized carbons (Fsp3) is 0.423. The van der Waals surface area contributed by atoms with Crippen molar-refractivity contribution in [2.24, 2.45) is 5.73 Å². The SMILES string of the molecule is CC(C)(N)C(=O)N[C@H](COCc1ccccc1)c1nnnn1CCCC(=O)NCCc1cccc(O)c1. The van der Waals surface area contributed by atoms with E-state index in [1.807, 2.05) is 36.4 Å². The lowest BCUT2D eigenvalue weighted by atomic mass is 10.1. The number of tetrazole rings is 1. The molecular formula is C26H35N7O4. The van der Waals surface area contributed by atoms with E-state index in [1.54, 1.807) is 36.7 Å². The van der Waals surface area contributed by atoms with Crippen LogP contribution in [0.5, 0.6) is 5.75 Å². The van der Waals surface area contributed by atoms with Gasteiger partial charge >= 0.3 is 0 Å². The number of aromatic hydroxyl groups is 1. The van der Waals surface area contributed by atoms with Crippen LogP contribution >= 0.6 is 0 Å². The number of carbonyl (C=O) groups is 2. The topological polar surface area (TPSA) is 157 Å². The van der Waals surface area contributed by atoms with Crippen LogP contribution in [0.15, 0.2) is 54.6 Å². The van der Waals surface area contributed by atoms with Gasteiger partial charge in [0.25, 0.3) is 0 Å². The van der Waals surface area contributed by atoms with Crippen molar-refractivity contribution >= 4 is 11.8 Å². The van der Waals surface area contributed by atoms with Gasteiger partial charge in [0.1, 0.15) is 11.8 Å². The van der Waals surface area contributed by atoms with Crippen LogP contribution in [0.3, 0.4) is 0 Å². The first-order valence-corrected chi connectivity index (χ1v) is 12.2. The maximum atomic E-state index is 12.6. The minimum atomic E-state index is -1.09. The van der Waals surface area contributed by atoms with E-state index < -0.39 is 11.6 Å². The number of nitrogens with zero attached hydrogens (tertiary/aromatic N) is 4. The van der Waals surface area contributed by atoms with Crippen molar-refractivity contribution in [1.29, 1.82) is 0 Å². The molecule has 0 radical (unpaired) electrons. The zero-order chi connectivity index (χ0) is 26.7. The second-order valence-corrected chi connectivity index (χ2v) is 9.38. The van der Waals surface area contributed by atoms with Gasteiger partial charge < -0.3 is 26.2 Å². The van der Waals surface area contributed by atoms with Crippen molar-refractivity contribution in [2.75, 3.05) is 13.2 Å². The Labute approximate surface area is 216 Å². The quantitative estimate of drug-likeness (QED) is 0.255. The Morgan fingerprint density at radius 3 is 2.62 bits per heavy atom. The number of nitrogens with two attached hydrogens (primary N) is 1. The summed E-state index contributed by atoms with van der Waals surface area (Å²) in [6, 6.07) is 16.0. The predicted octanol–water partition coefficient (Wildman–Crippen LogP) is 1.63. The number of nitrogens with one attached hydrogen (secondary N) is 2. The minimum absolute atomic E-state index is 0.0873. The van der Waals surface area contributed by atoms with Crippen molar-refractivity contribution in [3.05, 3.63) is 71.5 Å². The molecule has 11 nitrogen and oxygen atoms in total. The van der Waals surface area contributed by atoms with E-state index in [-0.39, 0.29) is 30.6 Å². The molecule has 2 aromatic carbocycles. The first-order chi connectivity index (χ1) is 17.7. The molecule has 0 bridgehead atoms. The van der Waals surface area contributed by atoms with Crippen LogP contribution in [-0.4, -0.2) is 55.8 Å². The van der Waals surface area contributed by atoms with Crippen molar-refractivity contribution in [3.8, 4) is 5.75 Å². The predicted molar refractivity (Wildman–Crippen MR) is 137 cm³/mol. The number of aryl methyl sites for hydroxylation is 1. The molecule has 0 aliphatic rings. The van der Waals surface area contributed by atoms with Crippen LogP contribution < -0.4 is 16.4 Å². The van der Waals surface area contributed by atoms with Gasteiger partial charge in [-0.3, -0.25) is 9.59 Å². The number of phenolic OH excluding ortho intramolecular Hbond substituents is 1. The van der Waals surface area contributed by atoms with E-state index in [4.69, 9.17) is 10.5 Å². The zero-order valence-electron chi connectivity index (χ0n) is 21.3. The molecule has 2 amide bonds. The maximum absolute atomic E-state index is 12.6. The molecule has 1 atom stereocenters. The molecule has 37 heavy (non-hydrogen) atoms. The fourth-order valence-corrected chi connectivity index (χ4v) is 3.55. The van der Waals surface area contributed by atoms with Gasteiger partial charge in [-0.15, -0.1) is 5.10 Å². The first kappa shape index (κ1) is 27.8. The average molecular weight is 510 g/mol. The highest BCUT2D eigenvalue weighted by molar-refractivity contribution is 5.85. The van der Waals surface area contributed by atoms with Crippen molar-refractivity contribution in [3.63, 3.8) is 0 Å². The third-order valence-electron chi connectivity index (χ3n) is 5.58. The first-order valence-electron chi connectivity index (χ1n) is 12.2. The van der Waals surface area contributed by atoms with Crippen LogP contribution in [-0.2, 0) is 33.9 Å². The minimum Gasteiger partial charge on any atom is -0.508 e. The summed E-state index contributed by atoms with van der Waals surface area (Å²) in [4.78, 5) is 24.9. The van der Waals surface area contributed by atoms with E-state index in [0.717, 1.165) is 11.1 Å². The molecule has 1 aromatic heterocycles. The molecule has 1 heterocycles. The number of phenols is 1. The monoisotopic (exact) mass is 509 g/mol. The van der Waals surface area contributed by atoms with Crippen LogP contribution in [0.4, 0.5) is 0 Å². The summed E-state index contributed by atoms with van der Waals surface area (Å²) in [6.45, 7) is 4.61. The van der Waals surface area contributed by atoms with Gasteiger partial charge in [0.05, 0.1) is 18.8 Å². The van der Waals surface area contributed by atoms with Gasteiger partial charge in [0, 0.05) is 19.5 Å². The van der Waals surface area contributed by atoms with Gasteiger partial charge in [-0.05, 0) is 60.4 Å². The van der Waals surface area contributed by atoms with E-state index in [0.29, 0.717) is 38.4 Å². The van der Waals surface area contributed by atoms with Gasteiger partial charge in [-0.2, -0.15) is 0 Å². The number of ether oxygens (including phenoxy) is 1. The van der Waals surface area contributed by atoms with E-state index in [9.17, 15) is 14.7 Å².